The molecular weight excluding hydrogens is 544 g/mol. The van der Waals surface area contributed by atoms with Crippen molar-refractivity contribution in [3.8, 4) is 11.5 Å². The van der Waals surface area contributed by atoms with E-state index in [2.05, 4.69) is 31.8 Å². The Morgan fingerprint density at radius 1 is 1.11 bits per heavy atom. The smallest absolute Gasteiger partial charge is 0.271 e. The van der Waals surface area contributed by atoms with Crippen LogP contribution in [0.4, 0.5) is 11.4 Å². The summed E-state index contributed by atoms with van der Waals surface area (Å²) in [5, 5.41) is 17.5. The van der Waals surface area contributed by atoms with Gasteiger partial charge in [0.25, 0.3) is 17.5 Å². The standard InChI is InChI=1S/C26H25BrN4O6/c1-4-36-23-13-18(14-28-30-26(33)19-8-10-20(11-9-19)31(34)35)12-21(27)25(23)37-15-24(32)29-22-7-5-6-16(2)17(22)3/h5-14H,4,15H2,1-3H3,(H,29,32)(H,30,33)/b28-14+. The summed E-state index contributed by atoms with van der Waals surface area (Å²) in [6, 6.07) is 14.2. The molecule has 0 aromatic heterocycles. The van der Waals surface area contributed by atoms with Gasteiger partial charge < -0.3 is 14.8 Å². The number of hydrogen-bond donors (Lipinski definition) is 2. The fourth-order valence-corrected chi connectivity index (χ4v) is 3.81. The molecule has 3 aromatic carbocycles. The molecule has 0 unspecified atom stereocenters. The molecule has 0 spiro atoms. The van der Waals surface area contributed by atoms with Crippen LogP contribution in [0.2, 0.25) is 0 Å². The molecule has 37 heavy (non-hydrogen) atoms. The zero-order valence-electron chi connectivity index (χ0n) is 20.4. The molecule has 0 radical (unpaired) electrons. The summed E-state index contributed by atoms with van der Waals surface area (Å²) in [6.07, 6.45) is 1.41. The molecule has 0 aliphatic carbocycles. The van der Waals surface area contributed by atoms with Crippen LogP contribution in [0.5, 0.6) is 11.5 Å². The molecule has 10 nitrogen and oxygen atoms in total. The van der Waals surface area contributed by atoms with Gasteiger partial charge in [-0.3, -0.25) is 19.7 Å². The van der Waals surface area contributed by atoms with Gasteiger partial charge in [0, 0.05) is 23.4 Å². The minimum Gasteiger partial charge on any atom is -0.490 e. The van der Waals surface area contributed by atoms with Crippen LogP contribution in [0.3, 0.4) is 0 Å². The Morgan fingerprint density at radius 2 is 1.84 bits per heavy atom. The highest BCUT2D eigenvalue weighted by Gasteiger charge is 2.15. The Bertz CT molecular complexity index is 1340. The van der Waals surface area contributed by atoms with Gasteiger partial charge in [0.15, 0.2) is 18.1 Å². The fourth-order valence-electron chi connectivity index (χ4n) is 3.24. The summed E-state index contributed by atoms with van der Waals surface area (Å²) in [7, 11) is 0. The molecule has 0 atom stereocenters. The molecule has 0 aliphatic rings. The van der Waals surface area contributed by atoms with Crippen LogP contribution in [0.25, 0.3) is 0 Å². The zero-order valence-corrected chi connectivity index (χ0v) is 22.0. The second-order valence-electron chi connectivity index (χ2n) is 7.85. The molecule has 0 saturated carbocycles. The van der Waals surface area contributed by atoms with Gasteiger partial charge in [-0.1, -0.05) is 12.1 Å². The number of rotatable bonds is 10. The lowest BCUT2D eigenvalue weighted by Gasteiger charge is -2.15. The number of nitrogens with zero attached hydrogens (tertiary/aromatic N) is 2. The maximum atomic E-state index is 12.5. The summed E-state index contributed by atoms with van der Waals surface area (Å²) in [5.41, 5.74) is 5.85. The number of nitro groups is 1. The Hall–Kier alpha value is -4.25. The number of carbonyl (C=O) groups is 2. The Morgan fingerprint density at radius 3 is 2.51 bits per heavy atom. The molecule has 11 heteroatoms. The van der Waals surface area contributed by atoms with Crippen molar-refractivity contribution in [3.05, 3.63) is 91.4 Å². The molecule has 3 rings (SSSR count). The van der Waals surface area contributed by atoms with Crippen molar-refractivity contribution in [3.63, 3.8) is 0 Å². The summed E-state index contributed by atoms with van der Waals surface area (Å²) in [4.78, 5) is 34.9. The second-order valence-corrected chi connectivity index (χ2v) is 8.70. The number of hydrogen-bond acceptors (Lipinski definition) is 7. The highest BCUT2D eigenvalue weighted by Crippen LogP contribution is 2.36. The maximum absolute atomic E-state index is 12.5. The third-order valence-electron chi connectivity index (χ3n) is 5.28. The van der Waals surface area contributed by atoms with Crippen LogP contribution >= 0.6 is 15.9 Å². The van der Waals surface area contributed by atoms with E-state index in [0.29, 0.717) is 28.1 Å². The normalized spacial score (nSPS) is 10.7. The molecule has 3 aromatic rings. The third kappa shape index (κ3) is 7.37. The van der Waals surface area contributed by atoms with Crippen LogP contribution in [0, 0.1) is 24.0 Å². The lowest BCUT2D eigenvalue weighted by atomic mass is 10.1. The number of amides is 2. The van der Waals surface area contributed by atoms with E-state index in [1.54, 1.807) is 12.1 Å². The van der Waals surface area contributed by atoms with Crippen LogP contribution in [-0.4, -0.2) is 36.2 Å². The number of benzene rings is 3. The van der Waals surface area contributed by atoms with Gasteiger partial charge in [-0.25, -0.2) is 5.43 Å². The van der Waals surface area contributed by atoms with E-state index in [1.807, 2.05) is 39.0 Å². The lowest BCUT2D eigenvalue weighted by Crippen LogP contribution is -2.21. The van der Waals surface area contributed by atoms with Crippen LogP contribution < -0.4 is 20.2 Å². The third-order valence-corrected chi connectivity index (χ3v) is 5.87. The van der Waals surface area contributed by atoms with Crippen LogP contribution in [-0.2, 0) is 4.79 Å². The lowest BCUT2D eigenvalue weighted by molar-refractivity contribution is -0.384. The van der Waals surface area contributed by atoms with Crippen molar-refractivity contribution in [2.75, 3.05) is 18.5 Å². The number of hydrazone groups is 1. The van der Waals surface area contributed by atoms with E-state index < -0.39 is 10.8 Å². The van der Waals surface area contributed by atoms with Gasteiger partial charge in [-0.15, -0.1) is 0 Å². The van der Waals surface area contributed by atoms with Gasteiger partial charge in [-0.05, 0) is 83.7 Å². The van der Waals surface area contributed by atoms with E-state index in [1.165, 1.54) is 30.5 Å². The topological polar surface area (TPSA) is 132 Å². The van der Waals surface area contributed by atoms with Gasteiger partial charge >= 0.3 is 0 Å². The van der Waals surface area contributed by atoms with E-state index in [4.69, 9.17) is 9.47 Å². The number of aryl methyl sites for hydroxylation is 1. The van der Waals surface area contributed by atoms with Gasteiger partial charge in [-0.2, -0.15) is 5.10 Å². The number of nitrogens with one attached hydrogen (secondary N) is 2. The van der Waals surface area contributed by atoms with Crippen molar-refractivity contribution in [2.24, 2.45) is 5.10 Å². The van der Waals surface area contributed by atoms with Crippen molar-refractivity contribution in [2.45, 2.75) is 20.8 Å². The van der Waals surface area contributed by atoms with Crippen molar-refractivity contribution >= 4 is 45.3 Å². The highest BCUT2D eigenvalue weighted by atomic mass is 79.9. The number of carbonyl (C=O) groups excluding carboxylic acids is 2. The predicted octanol–water partition coefficient (Wildman–Crippen LogP) is 5.15. The number of nitro benzene ring substituents is 1. The first-order valence-corrected chi connectivity index (χ1v) is 12.0. The van der Waals surface area contributed by atoms with Crippen LogP contribution in [0.15, 0.2) is 64.2 Å². The molecule has 192 valence electrons. The highest BCUT2D eigenvalue weighted by molar-refractivity contribution is 9.10. The predicted molar refractivity (Wildman–Crippen MR) is 144 cm³/mol. The van der Waals surface area contributed by atoms with Gasteiger partial charge in [0.05, 0.1) is 22.2 Å². The minimum absolute atomic E-state index is 0.113. The zero-order chi connectivity index (χ0) is 26.9. The van der Waals surface area contributed by atoms with Crippen molar-refractivity contribution < 1.29 is 24.0 Å². The average molecular weight is 569 g/mol. The summed E-state index contributed by atoms with van der Waals surface area (Å²) >= 11 is 3.44. The number of non-ortho nitro benzene ring substituents is 1. The quantitative estimate of drug-likeness (QED) is 0.197. The molecule has 0 heterocycles. The molecule has 0 saturated heterocycles. The molecule has 0 fully saturated rings. The number of ether oxygens (including phenoxy) is 2. The minimum atomic E-state index is -0.543. The van der Waals surface area contributed by atoms with Gasteiger partial charge in [0.2, 0.25) is 0 Å². The Kier molecular flexibility index (Phi) is 9.33. The molecule has 2 N–H and O–H groups in total. The first kappa shape index (κ1) is 27.3. The van der Waals surface area contributed by atoms with Gasteiger partial charge in [0.1, 0.15) is 0 Å². The monoisotopic (exact) mass is 568 g/mol. The second kappa shape index (κ2) is 12.6. The fraction of sp³-hybridized carbons (Fsp3) is 0.192. The van der Waals surface area contributed by atoms with E-state index in [0.717, 1.165) is 16.8 Å². The summed E-state index contributed by atoms with van der Waals surface area (Å²) in [6.45, 7) is 5.85. The Balaban J connectivity index is 1.66. The Labute approximate surface area is 222 Å². The largest absolute Gasteiger partial charge is 0.490 e. The maximum Gasteiger partial charge on any atom is 0.271 e. The SMILES string of the molecule is CCOc1cc(/C=N/NC(=O)c2ccc([N+](=O)[O-])cc2)cc(Br)c1OCC(=O)Nc1cccc(C)c1C. The van der Waals surface area contributed by atoms with Crippen molar-refractivity contribution in [1.29, 1.82) is 0 Å². The van der Waals surface area contributed by atoms with Crippen LogP contribution in [0.1, 0.15) is 34.0 Å². The molecular formula is C26H25BrN4O6. The van der Waals surface area contributed by atoms with Crippen molar-refractivity contribution in [1.82, 2.24) is 5.43 Å². The molecule has 0 aliphatic heterocycles. The van der Waals surface area contributed by atoms with E-state index in [-0.39, 0.29) is 23.8 Å². The average Bonchev–Trinajstić information content (AvgIpc) is 2.86. The molecule has 0 bridgehead atoms. The summed E-state index contributed by atoms with van der Waals surface area (Å²) in [5.74, 6) is -0.0997. The first-order valence-electron chi connectivity index (χ1n) is 11.2. The van der Waals surface area contributed by atoms with E-state index in [9.17, 15) is 19.7 Å². The summed E-state index contributed by atoms with van der Waals surface area (Å²) < 4.78 is 12.0. The number of anilines is 1. The first-order chi connectivity index (χ1) is 17.7. The molecule has 2 amide bonds. The van der Waals surface area contributed by atoms with E-state index >= 15 is 0 Å². The number of halogens is 1.